The quantitative estimate of drug-likeness (QED) is 0.558. The molecule has 25 heavy (non-hydrogen) atoms. The number of carbonyl (C=O) groups is 2. The second-order valence-corrected chi connectivity index (χ2v) is 5.56. The van der Waals surface area contributed by atoms with Crippen molar-refractivity contribution in [2.75, 3.05) is 0 Å². The van der Waals surface area contributed by atoms with Crippen LogP contribution in [0.2, 0.25) is 0 Å². The Balaban J connectivity index is 1.78. The Morgan fingerprint density at radius 1 is 0.880 bits per heavy atom. The van der Waals surface area contributed by atoms with Crippen LogP contribution in [0, 0.1) is 0 Å². The van der Waals surface area contributed by atoms with Gasteiger partial charge < -0.3 is 9.73 Å². The van der Waals surface area contributed by atoms with Crippen LogP contribution >= 0.6 is 0 Å². The van der Waals surface area contributed by atoms with Crippen LogP contribution in [0.4, 0.5) is 4.79 Å². The number of hydrogen-bond donors (Lipinski definition) is 2. The molecular weight excluding hydrogens is 320 g/mol. The first-order valence-electron chi connectivity index (χ1n) is 7.57. The highest BCUT2D eigenvalue weighted by atomic mass is 16.3. The Kier molecular flexibility index (Phi) is 3.43. The van der Waals surface area contributed by atoms with Gasteiger partial charge in [0.05, 0.1) is 5.39 Å². The minimum Gasteiger partial charge on any atom is -0.456 e. The molecule has 0 spiro atoms. The second kappa shape index (κ2) is 5.76. The molecule has 1 fully saturated rings. The van der Waals surface area contributed by atoms with Crippen molar-refractivity contribution in [2.45, 2.75) is 0 Å². The highest BCUT2D eigenvalue weighted by Gasteiger charge is 2.22. The van der Waals surface area contributed by atoms with Crippen molar-refractivity contribution < 1.29 is 14.0 Å². The van der Waals surface area contributed by atoms with E-state index in [0.29, 0.717) is 27.9 Å². The number of carbonyl (C=O) groups excluding carboxylic acids is 2. The number of nitrogens with one attached hydrogen (secondary N) is 2. The van der Waals surface area contributed by atoms with Crippen molar-refractivity contribution in [3.63, 3.8) is 0 Å². The molecule has 0 aliphatic carbocycles. The van der Waals surface area contributed by atoms with Crippen LogP contribution in [0.25, 0.3) is 28.4 Å². The molecule has 1 aliphatic rings. The van der Waals surface area contributed by atoms with Gasteiger partial charge >= 0.3 is 6.03 Å². The maximum absolute atomic E-state index is 12.2. The summed E-state index contributed by atoms with van der Waals surface area (Å²) in [4.78, 5) is 35.0. The van der Waals surface area contributed by atoms with Gasteiger partial charge in [-0.25, -0.2) is 4.79 Å². The van der Waals surface area contributed by atoms with Gasteiger partial charge in [0.25, 0.3) is 5.91 Å². The summed E-state index contributed by atoms with van der Waals surface area (Å²) in [7, 11) is 0. The van der Waals surface area contributed by atoms with Gasteiger partial charge in [-0.1, -0.05) is 30.3 Å². The molecule has 1 aliphatic heterocycles. The molecule has 6 heteroatoms. The Morgan fingerprint density at radius 2 is 1.72 bits per heavy atom. The highest BCUT2D eigenvalue weighted by Crippen LogP contribution is 2.23. The summed E-state index contributed by atoms with van der Waals surface area (Å²) >= 11 is 0. The van der Waals surface area contributed by atoms with Crippen molar-refractivity contribution in [1.82, 2.24) is 10.6 Å². The minimum atomic E-state index is -0.548. The summed E-state index contributed by atoms with van der Waals surface area (Å²) in [6.07, 6.45) is 1.56. The van der Waals surface area contributed by atoms with Crippen LogP contribution in [-0.2, 0) is 4.79 Å². The molecule has 3 aromatic rings. The number of amides is 3. The third kappa shape index (κ3) is 2.81. The molecule has 0 bridgehead atoms. The number of hydrogen-bond acceptors (Lipinski definition) is 4. The van der Waals surface area contributed by atoms with Crippen LogP contribution in [0.3, 0.4) is 0 Å². The maximum Gasteiger partial charge on any atom is 0.326 e. The Labute approximate surface area is 141 Å². The van der Waals surface area contributed by atoms with Crippen LogP contribution in [0.1, 0.15) is 5.56 Å². The summed E-state index contributed by atoms with van der Waals surface area (Å²) in [5.74, 6) is -0.0449. The molecule has 0 unspecified atom stereocenters. The third-order valence-electron chi connectivity index (χ3n) is 3.84. The summed E-state index contributed by atoms with van der Waals surface area (Å²) in [6.45, 7) is 0. The first-order chi connectivity index (χ1) is 12.1. The fourth-order valence-corrected chi connectivity index (χ4v) is 2.68. The number of fused-ring (bicyclic) bond motifs is 1. The van der Waals surface area contributed by atoms with Crippen molar-refractivity contribution in [3.8, 4) is 11.3 Å². The van der Waals surface area contributed by atoms with E-state index in [4.69, 9.17) is 4.42 Å². The summed E-state index contributed by atoms with van der Waals surface area (Å²) < 4.78 is 5.82. The maximum atomic E-state index is 12.2. The number of rotatable bonds is 2. The Bertz CT molecular complexity index is 1110. The summed E-state index contributed by atoms with van der Waals surface area (Å²) in [6, 6.07) is 15.1. The second-order valence-electron chi connectivity index (χ2n) is 5.56. The van der Waals surface area contributed by atoms with E-state index in [1.807, 2.05) is 6.07 Å². The van der Waals surface area contributed by atoms with Crippen molar-refractivity contribution in [2.24, 2.45) is 0 Å². The minimum absolute atomic E-state index is 0.122. The average Bonchev–Trinajstić information content (AvgIpc) is 2.92. The number of urea groups is 1. The van der Waals surface area contributed by atoms with E-state index in [-0.39, 0.29) is 11.1 Å². The van der Waals surface area contributed by atoms with E-state index in [1.54, 1.807) is 48.5 Å². The van der Waals surface area contributed by atoms with Crippen LogP contribution in [0.15, 0.2) is 69.5 Å². The van der Waals surface area contributed by atoms with Gasteiger partial charge in [0.15, 0.2) is 5.43 Å². The van der Waals surface area contributed by atoms with E-state index >= 15 is 0 Å². The standard InChI is InChI=1S/C19H12N2O4/c22-15-10-17(25-16-7-2-1-6-13(15)16)12-5-3-4-11(8-12)9-14-18(23)21-19(24)20-14/h1-10H,(H2,20,21,23,24)/b14-9-. The summed E-state index contributed by atoms with van der Waals surface area (Å²) in [5, 5.41) is 5.10. The molecule has 2 aromatic carbocycles. The normalized spacial score (nSPS) is 15.4. The van der Waals surface area contributed by atoms with Crippen LogP contribution in [-0.4, -0.2) is 11.9 Å². The van der Waals surface area contributed by atoms with Gasteiger partial charge in [-0.05, 0) is 29.8 Å². The molecule has 6 nitrogen and oxygen atoms in total. The molecule has 1 aromatic heterocycles. The lowest BCUT2D eigenvalue weighted by atomic mass is 10.1. The smallest absolute Gasteiger partial charge is 0.326 e. The first-order valence-corrected chi connectivity index (χ1v) is 7.57. The van der Waals surface area contributed by atoms with Gasteiger partial charge in [0.1, 0.15) is 17.0 Å². The zero-order valence-corrected chi connectivity index (χ0v) is 12.9. The van der Waals surface area contributed by atoms with E-state index in [1.165, 1.54) is 6.07 Å². The van der Waals surface area contributed by atoms with Gasteiger partial charge in [-0.15, -0.1) is 0 Å². The fourth-order valence-electron chi connectivity index (χ4n) is 2.68. The van der Waals surface area contributed by atoms with Crippen molar-refractivity contribution in [3.05, 3.63) is 76.1 Å². The molecule has 4 rings (SSSR count). The molecular formula is C19H12N2O4. The lowest BCUT2D eigenvalue weighted by Crippen LogP contribution is -2.22. The molecule has 2 heterocycles. The molecule has 122 valence electrons. The van der Waals surface area contributed by atoms with E-state index in [0.717, 1.165) is 0 Å². The SMILES string of the molecule is O=C1NC(=O)/C(=C/c2cccc(-c3cc(=O)c4ccccc4o3)c2)N1. The summed E-state index contributed by atoms with van der Waals surface area (Å²) in [5.41, 5.74) is 1.95. The van der Waals surface area contributed by atoms with Gasteiger partial charge in [-0.3, -0.25) is 14.9 Å². The van der Waals surface area contributed by atoms with E-state index < -0.39 is 11.9 Å². The number of para-hydroxylation sites is 1. The number of imide groups is 1. The zero-order valence-electron chi connectivity index (χ0n) is 12.9. The molecule has 3 amide bonds. The lowest BCUT2D eigenvalue weighted by molar-refractivity contribution is -0.115. The molecule has 0 saturated carbocycles. The van der Waals surface area contributed by atoms with E-state index in [9.17, 15) is 14.4 Å². The van der Waals surface area contributed by atoms with Crippen LogP contribution < -0.4 is 16.1 Å². The average molecular weight is 332 g/mol. The fraction of sp³-hybridized carbons (Fsp3) is 0. The zero-order chi connectivity index (χ0) is 17.4. The molecule has 0 radical (unpaired) electrons. The predicted molar refractivity (Wildman–Crippen MR) is 92.6 cm³/mol. The monoisotopic (exact) mass is 332 g/mol. The van der Waals surface area contributed by atoms with Crippen molar-refractivity contribution >= 4 is 29.0 Å². The highest BCUT2D eigenvalue weighted by molar-refractivity contribution is 6.14. The van der Waals surface area contributed by atoms with Crippen LogP contribution in [0.5, 0.6) is 0 Å². The van der Waals surface area contributed by atoms with Gasteiger partial charge in [0, 0.05) is 11.6 Å². The Hall–Kier alpha value is -3.67. The molecule has 1 saturated heterocycles. The lowest BCUT2D eigenvalue weighted by Gasteiger charge is -2.04. The first kappa shape index (κ1) is 14.9. The van der Waals surface area contributed by atoms with Gasteiger partial charge in [0.2, 0.25) is 0 Å². The Morgan fingerprint density at radius 3 is 2.52 bits per heavy atom. The number of benzene rings is 2. The predicted octanol–water partition coefficient (Wildman–Crippen LogP) is 2.64. The van der Waals surface area contributed by atoms with Gasteiger partial charge in [-0.2, -0.15) is 0 Å². The topological polar surface area (TPSA) is 88.4 Å². The molecule has 0 atom stereocenters. The van der Waals surface area contributed by atoms with E-state index in [2.05, 4.69) is 10.6 Å². The van der Waals surface area contributed by atoms with Crippen molar-refractivity contribution in [1.29, 1.82) is 0 Å². The largest absolute Gasteiger partial charge is 0.456 e. The molecule has 2 N–H and O–H groups in total. The third-order valence-corrected chi connectivity index (χ3v) is 3.84.